The van der Waals surface area contributed by atoms with Crippen LogP contribution in [0.25, 0.3) is 0 Å². The van der Waals surface area contributed by atoms with Gasteiger partial charge < -0.3 is 19.3 Å². The molecular formula is C28H44N6O2. The average Bonchev–Trinajstić information content (AvgIpc) is 2.81. The molecule has 0 spiro atoms. The number of ether oxygens (including phenoxy) is 2. The van der Waals surface area contributed by atoms with Crippen molar-refractivity contribution in [1.29, 1.82) is 0 Å². The second-order valence-corrected chi connectivity index (χ2v) is 12.6. The summed E-state index contributed by atoms with van der Waals surface area (Å²) >= 11 is 0. The first kappa shape index (κ1) is 26.7. The van der Waals surface area contributed by atoms with Crippen LogP contribution < -0.4 is 9.80 Å². The third-order valence-corrected chi connectivity index (χ3v) is 6.99. The molecule has 0 N–H and O–H groups in total. The summed E-state index contributed by atoms with van der Waals surface area (Å²) < 4.78 is 12.6. The second-order valence-electron chi connectivity index (χ2n) is 12.6. The molecule has 0 saturated carbocycles. The maximum Gasteiger partial charge on any atom is 0.225 e. The Kier molecular flexibility index (Phi) is 7.86. The zero-order chi connectivity index (χ0) is 26.1. The Balaban J connectivity index is 1.35. The third-order valence-electron chi connectivity index (χ3n) is 6.99. The van der Waals surface area contributed by atoms with Gasteiger partial charge in [0.25, 0.3) is 0 Å². The number of hydrogen-bond acceptors (Lipinski definition) is 8. The van der Waals surface area contributed by atoms with Crippen LogP contribution >= 0.6 is 0 Å². The summed E-state index contributed by atoms with van der Waals surface area (Å²) in [7, 11) is 0. The normalized spacial score (nSPS) is 25.8. The molecule has 36 heavy (non-hydrogen) atoms. The summed E-state index contributed by atoms with van der Waals surface area (Å²) in [4.78, 5) is 13.9. The van der Waals surface area contributed by atoms with E-state index in [-0.39, 0.29) is 35.2 Å². The van der Waals surface area contributed by atoms with Gasteiger partial charge in [-0.15, -0.1) is 5.10 Å². The van der Waals surface area contributed by atoms with Crippen LogP contribution in [-0.2, 0) is 20.3 Å². The molecule has 0 aromatic carbocycles. The van der Waals surface area contributed by atoms with E-state index >= 15 is 0 Å². The van der Waals surface area contributed by atoms with E-state index in [0.717, 1.165) is 62.0 Å². The molecule has 2 aliphatic heterocycles. The van der Waals surface area contributed by atoms with Crippen molar-refractivity contribution in [3.63, 3.8) is 0 Å². The van der Waals surface area contributed by atoms with E-state index in [9.17, 15) is 0 Å². The van der Waals surface area contributed by atoms with Gasteiger partial charge in [-0.1, -0.05) is 41.5 Å². The van der Waals surface area contributed by atoms with E-state index in [2.05, 4.69) is 97.5 Å². The highest BCUT2D eigenvalue weighted by atomic mass is 16.5. The first-order chi connectivity index (χ1) is 16.9. The Labute approximate surface area is 216 Å². The monoisotopic (exact) mass is 496 g/mol. The molecule has 0 radical (unpaired) electrons. The molecule has 0 aliphatic carbocycles. The molecule has 4 heterocycles. The van der Waals surface area contributed by atoms with E-state index in [1.54, 1.807) is 0 Å². The topological polar surface area (TPSA) is 76.5 Å². The molecular weight excluding hydrogens is 452 g/mol. The van der Waals surface area contributed by atoms with E-state index in [0.29, 0.717) is 0 Å². The highest BCUT2D eigenvalue weighted by Crippen LogP contribution is 2.26. The maximum absolute atomic E-state index is 6.31. The predicted molar refractivity (Wildman–Crippen MR) is 144 cm³/mol. The fourth-order valence-corrected chi connectivity index (χ4v) is 4.90. The maximum atomic E-state index is 6.31. The molecule has 4 rings (SSSR count). The summed E-state index contributed by atoms with van der Waals surface area (Å²) in [5.74, 6) is 1.71. The minimum atomic E-state index is -0.00292. The lowest BCUT2D eigenvalue weighted by atomic mass is 9.89. The van der Waals surface area contributed by atoms with Crippen molar-refractivity contribution in [2.45, 2.75) is 103 Å². The second kappa shape index (κ2) is 10.6. The van der Waals surface area contributed by atoms with Crippen LogP contribution in [0.1, 0.15) is 79.5 Å². The van der Waals surface area contributed by atoms with Gasteiger partial charge in [0.15, 0.2) is 5.82 Å². The van der Waals surface area contributed by atoms with Gasteiger partial charge in [-0.25, -0.2) is 9.97 Å². The zero-order valence-corrected chi connectivity index (χ0v) is 23.4. The highest BCUT2D eigenvalue weighted by molar-refractivity contribution is 5.39. The van der Waals surface area contributed by atoms with Crippen molar-refractivity contribution < 1.29 is 9.47 Å². The fourth-order valence-electron chi connectivity index (χ4n) is 4.90. The van der Waals surface area contributed by atoms with Crippen LogP contribution in [0, 0.1) is 0 Å². The van der Waals surface area contributed by atoms with Crippen molar-refractivity contribution >= 4 is 11.8 Å². The zero-order valence-electron chi connectivity index (χ0n) is 23.4. The minimum absolute atomic E-state index is 0.00292. The number of nitrogens with zero attached hydrogens (tertiary/aromatic N) is 6. The van der Waals surface area contributed by atoms with Gasteiger partial charge in [-0.3, -0.25) is 0 Å². The lowest BCUT2D eigenvalue weighted by molar-refractivity contribution is -0.0491. The Morgan fingerprint density at radius 1 is 0.750 bits per heavy atom. The Morgan fingerprint density at radius 3 is 1.81 bits per heavy atom. The van der Waals surface area contributed by atoms with Crippen molar-refractivity contribution in [1.82, 2.24) is 20.2 Å². The fraction of sp³-hybridized carbons (Fsp3) is 0.714. The third kappa shape index (κ3) is 6.71. The molecule has 2 saturated heterocycles. The van der Waals surface area contributed by atoms with Crippen LogP contribution in [0.3, 0.4) is 0 Å². The summed E-state index contributed by atoms with van der Waals surface area (Å²) in [5.41, 5.74) is 2.20. The first-order valence-electron chi connectivity index (χ1n) is 13.4. The van der Waals surface area contributed by atoms with Crippen molar-refractivity contribution in [2.24, 2.45) is 0 Å². The van der Waals surface area contributed by atoms with Gasteiger partial charge >= 0.3 is 0 Å². The number of anilines is 2. The summed E-state index contributed by atoms with van der Waals surface area (Å²) in [6.07, 6.45) is 6.32. The Morgan fingerprint density at radius 2 is 1.31 bits per heavy atom. The minimum Gasteiger partial charge on any atom is -0.372 e. The molecule has 2 aliphatic rings. The van der Waals surface area contributed by atoms with Gasteiger partial charge in [-0.2, -0.15) is 5.10 Å². The number of morpholine rings is 2. The first-order valence-corrected chi connectivity index (χ1v) is 13.4. The van der Waals surface area contributed by atoms with Crippen molar-refractivity contribution in [3.05, 3.63) is 35.8 Å². The van der Waals surface area contributed by atoms with Gasteiger partial charge in [0.2, 0.25) is 5.95 Å². The van der Waals surface area contributed by atoms with E-state index in [4.69, 9.17) is 9.47 Å². The highest BCUT2D eigenvalue weighted by Gasteiger charge is 2.31. The van der Waals surface area contributed by atoms with Crippen LogP contribution in [-0.4, -0.2) is 70.8 Å². The lowest BCUT2D eigenvalue weighted by Crippen LogP contribution is -2.49. The molecule has 4 unspecified atom stereocenters. The largest absolute Gasteiger partial charge is 0.372 e. The molecule has 8 heteroatoms. The van der Waals surface area contributed by atoms with Gasteiger partial charge in [-0.05, 0) is 49.8 Å². The number of aromatic nitrogens is 4. The van der Waals surface area contributed by atoms with Gasteiger partial charge in [0.1, 0.15) is 0 Å². The molecule has 0 bridgehead atoms. The smallest absolute Gasteiger partial charge is 0.225 e. The molecule has 198 valence electrons. The summed E-state index contributed by atoms with van der Waals surface area (Å²) in [5, 5.41) is 9.03. The van der Waals surface area contributed by atoms with Gasteiger partial charge in [0.05, 0.1) is 30.1 Å². The molecule has 0 amide bonds. The average molecular weight is 497 g/mol. The lowest BCUT2D eigenvalue weighted by Gasteiger charge is -2.40. The van der Waals surface area contributed by atoms with Gasteiger partial charge in [0, 0.05) is 44.0 Å². The number of rotatable bonds is 5. The van der Waals surface area contributed by atoms with Crippen molar-refractivity contribution in [3.8, 4) is 0 Å². The molecule has 2 aromatic heterocycles. The summed E-state index contributed by atoms with van der Waals surface area (Å²) in [6, 6.07) is 4.19. The van der Waals surface area contributed by atoms with Crippen molar-refractivity contribution in [2.75, 3.05) is 36.0 Å². The van der Waals surface area contributed by atoms with Crippen LogP contribution in [0.4, 0.5) is 11.8 Å². The molecule has 2 aromatic rings. The predicted octanol–water partition coefficient (Wildman–Crippen LogP) is 4.53. The standard InChI is InChI=1S/C28H44N6O2/c1-19-15-33(25-12-11-24(31-32-25)28(6,7)8)17-22(35-19)9-10-23-18-34(16-20(2)36-23)26-29-13-21(14-30-26)27(3,4)5/h11-14,19-20,22-23H,9-10,15-18H2,1-8H3. The van der Waals surface area contributed by atoms with E-state index < -0.39 is 0 Å². The molecule has 2 fully saturated rings. The SMILES string of the molecule is CC1CN(c2ccc(C(C)(C)C)nn2)CC(CCC2CN(c3ncc(C(C)(C)C)cn3)CC(C)O2)O1. The van der Waals surface area contributed by atoms with E-state index in [1.807, 2.05) is 12.4 Å². The summed E-state index contributed by atoms with van der Waals surface area (Å²) in [6.45, 7) is 20.5. The van der Waals surface area contributed by atoms with Crippen LogP contribution in [0.2, 0.25) is 0 Å². The number of hydrogen-bond donors (Lipinski definition) is 0. The molecule has 4 atom stereocenters. The Hall–Kier alpha value is -2.32. The van der Waals surface area contributed by atoms with E-state index in [1.165, 1.54) is 0 Å². The van der Waals surface area contributed by atoms with Crippen LogP contribution in [0.15, 0.2) is 24.5 Å². The molecule has 8 nitrogen and oxygen atoms in total. The van der Waals surface area contributed by atoms with Crippen LogP contribution in [0.5, 0.6) is 0 Å². The Bertz CT molecular complexity index is 902. The quantitative estimate of drug-likeness (QED) is 0.598.